The van der Waals surface area contributed by atoms with Crippen molar-refractivity contribution in [2.45, 2.75) is 26.4 Å². The predicted octanol–water partition coefficient (Wildman–Crippen LogP) is 2.13. The summed E-state index contributed by atoms with van der Waals surface area (Å²) in [5.74, 6) is 0. The van der Waals surface area contributed by atoms with E-state index in [4.69, 9.17) is 5.11 Å². The highest BCUT2D eigenvalue weighted by molar-refractivity contribution is 5.83. The Hall–Kier alpha value is -1.32. The van der Waals surface area contributed by atoms with Crippen LogP contribution in [-0.2, 0) is 13.1 Å². The Morgan fingerprint density at radius 3 is 2.94 bits per heavy atom. The fraction of sp³-hybridized carbons (Fsp3) is 0.429. The van der Waals surface area contributed by atoms with Crippen LogP contribution in [0.2, 0.25) is 0 Å². The molecule has 17 heavy (non-hydrogen) atoms. The summed E-state index contributed by atoms with van der Waals surface area (Å²) in [5.41, 5.74) is 2.54. The van der Waals surface area contributed by atoms with Crippen LogP contribution in [0.4, 0.5) is 0 Å². The van der Waals surface area contributed by atoms with Gasteiger partial charge >= 0.3 is 0 Å². The van der Waals surface area contributed by atoms with Gasteiger partial charge < -0.3 is 15.0 Å². The first-order valence-corrected chi connectivity index (χ1v) is 6.25. The summed E-state index contributed by atoms with van der Waals surface area (Å²) in [6.07, 6.45) is 3.19. The van der Waals surface area contributed by atoms with Crippen molar-refractivity contribution in [3.05, 3.63) is 36.0 Å². The second-order valence-corrected chi connectivity index (χ2v) is 4.26. The van der Waals surface area contributed by atoms with Crippen LogP contribution in [0.1, 0.15) is 18.9 Å². The van der Waals surface area contributed by atoms with Gasteiger partial charge in [0.1, 0.15) is 0 Å². The van der Waals surface area contributed by atoms with Crippen LogP contribution in [0.3, 0.4) is 0 Å². The van der Waals surface area contributed by atoms with Gasteiger partial charge in [-0.3, -0.25) is 0 Å². The molecule has 0 saturated heterocycles. The van der Waals surface area contributed by atoms with E-state index >= 15 is 0 Å². The van der Waals surface area contributed by atoms with E-state index in [0.717, 1.165) is 19.5 Å². The van der Waals surface area contributed by atoms with Crippen LogP contribution in [0.5, 0.6) is 0 Å². The minimum atomic E-state index is 0.181. The standard InChI is InChI=1S/C14H20N2O/c1-2-7-15-11-13-5-3-4-12-6-8-16(9-10-17)14(12)13/h3-6,8,15,17H,2,7,9-11H2,1H3. The molecule has 0 aliphatic rings. The van der Waals surface area contributed by atoms with Crippen LogP contribution in [0, 0.1) is 0 Å². The summed E-state index contributed by atoms with van der Waals surface area (Å²) < 4.78 is 2.12. The Morgan fingerprint density at radius 2 is 2.18 bits per heavy atom. The second kappa shape index (κ2) is 5.84. The first-order valence-electron chi connectivity index (χ1n) is 6.25. The summed E-state index contributed by atoms with van der Waals surface area (Å²) in [6.45, 7) is 4.94. The number of nitrogens with one attached hydrogen (secondary N) is 1. The summed E-state index contributed by atoms with van der Waals surface area (Å²) >= 11 is 0. The van der Waals surface area contributed by atoms with Gasteiger partial charge in [-0.15, -0.1) is 0 Å². The maximum Gasteiger partial charge on any atom is 0.0610 e. The third-order valence-electron chi connectivity index (χ3n) is 2.96. The van der Waals surface area contributed by atoms with E-state index in [2.05, 4.69) is 41.1 Å². The molecule has 0 aliphatic carbocycles. The number of aliphatic hydroxyl groups excluding tert-OH is 1. The molecule has 0 aliphatic heterocycles. The lowest BCUT2D eigenvalue weighted by atomic mass is 10.1. The number of aliphatic hydroxyl groups is 1. The van der Waals surface area contributed by atoms with E-state index in [9.17, 15) is 0 Å². The lowest BCUT2D eigenvalue weighted by Crippen LogP contribution is -2.14. The first kappa shape index (κ1) is 12.1. The molecule has 0 saturated carbocycles. The third kappa shape index (κ3) is 2.68. The van der Waals surface area contributed by atoms with E-state index in [-0.39, 0.29) is 6.61 Å². The van der Waals surface area contributed by atoms with Gasteiger partial charge in [0, 0.05) is 19.3 Å². The SMILES string of the molecule is CCCNCc1cccc2ccn(CCO)c12. The Balaban J connectivity index is 2.29. The predicted molar refractivity (Wildman–Crippen MR) is 71.0 cm³/mol. The number of nitrogens with zero attached hydrogens (tertiary/aromatic N) is 1. The molecule has 0 atom stereocenters. The molecule has 3 nitrogen and oxygen atoms in total. The van der Waals surface area contributed by atoms with Gasteiger partial charge in [0.25, 0.3) is 0 Å². The zero-order valence-corrected chi connectivity index (χ0v) is 10.3. The van der Waals surface area contributed by atoms with Gasteiger partial charge in [-0.25, -0.2) is 0 Å². The lowest BCUT2D eigenvalue weighted by molar-refractivity contribution is 0.278. The molecule has 2 N–H and O–H groups in total. The molecular weight excluding hydrogens is 212 g/mol. The molecule has 0 unspecified atom stereocenters. The molecule has 92 valence electrons. The summed E-state index contributed by atoms with van der Waals surface area (Å²) in [4.78, 5) is 0. The van der Waals surface area contributed by atoms with E-state index in [1.165, 1.54) is 16.5 Å². The number of hydrogen-bond acceptors (Lipinski definition) is 2. The van der Waals surface area contributed by atoms with E-state index in [1.807, 2.05) is 6.20 Å². The van der Waals surface area contributed by atoms with Gasteiger partial charge in [-0.05, 0) is 30.0 Å². The van der Waals surface area contributed by atoms with Crippen molar-refractivity contribution in [2.75, 3.05) is 13.2 Å². The Morgan fingerprint density at radius 1 is 1.29 bits per heavy atom. The normalized spacial score (nSPS) is 11.2. The number of rotatable bonds is 6. The van der Waals surface area contributed by atoms with Crippen molar-refractivity contribution >= 4 is 10.9 Å². The minimum Gasteiger partial charge on any atom is -0.395 e. The van der Waals surface area contributed by atoms with Gasteiger partial charge in [0.15, 0.2) is 0 Å². The van der Waals surface area contributed by atoms with Gasteiger partial charge in [0.05, 0.1) is 12.1 Å². The maximum absolute atomic E-state index is 9.07. The van der Waals surface area contributed by atoms with Crippen molar-refractivity contribution in [1.29, 1.82) is 0 Å². The third-order valence-corrected chi connectivity index (χ3v) is 2.96. The molecule has 3 heteroatoms. The summed E-state index contributed by atoms with van der Waals surface area (Å²) in [5, 5.41) is 13.7. The molecule has 1 aromatic heterocycles. The quantitative estimate of drug-likeness (QED) is 0.749. The number of aromatic nitrogens is 1. The van der Waals surface area contributed by atoms with Crippen molar-refractivity contribution < 1.29 is 5.11 Å². The van der Waals surface area contributed by atoms with E-state index < -0.39 is 0 Å². The molecule has 1 heterocycles. The van der Waals surface area contributed by atoms with Gasteiger partial charge in [-0.2, -0.15) is 0 Å². The van der Waals surface area contributed by atoms with E-state index in [0.29, 0.717) is 6.54 Å². The maximum atomic E-state index is 9.07. The van der Waals surface area contributed by atoms with Crippen LogP contribution < -0.4 is 5.32 Å². The monoisotopic (exact) mass is 232 g/mol. The molecule has 2 aromatic rings. The van der Waals surface area contributed by atoms with Gasteiger partial charge in [0.2, 0.25) is 0 Å². The average Bonchev–Trinajstić information content (AvgIpc) is 2.75. The van der Waals surface area contributed by atoms with Crippen molar-refractivity contribution in [3.63, 3.8) is 0 Å². The molecule has 2 rings (SSSR count). The minimum absolute atomic E-state index is 0.181. The van der Waals surface area contributed by atoms with Crippen molar-refractivity contribution in [2.24, 2.45) is 0 Å². The molecule has 1 aromatic carbocycles. The largest absolute Gasteiger partial charge is 0.395 e. The summed E-state index contributed by atoms with van der Waals surface area (Å²) in [7, 11) is 0. The van der Waals surface area contributed by atoms with Crippen LogP contribution in [0.25, 0.3) is 10.9 Å². The fourth-order valence-corrected chi connectivity index (χ4v) is 2.18. The molecule has 0 bridgehead atoms. The second-order valence-electron chi connectivity index (χ2n) is 4.26. The van der Waals surface area contributed by atoms with Crippen molar-refractivity contribution in [3.8, 4) is 0 Å². The molecule has 0 fully saturated rings. The fourth-order valence-electron chi connectivity index (χ4n) is 2.18. The Labute approximate surface area is 102 Å². The Kier molecular flexibility index (Phi) is 4.18. The number of para-hydroxylation sites is 1. The molecule has 0 amide bonds. The Bertz CT molecular complexity index is 476. The summed E-state index contributed by atoms with van der Waals surface area (Å²) in [6, 6.07) is 8.47. The van der Waals surface area contributed by atoms with Crippen LogP contribution >= 0.6 is 0 Å². The van der Waals surface area contributed by atoms with E-state index in [1.54, 1.807) is 0 Å². The smallest absolute Gasteiger partial charge is 0.0610 e. The van der Waals surface area contributed by atoms with Gasteiger partial charge in [-0.1, -0.05) is 25.1 Å². The molecule has 0 spiro atoms. The zero-order valence-electron chi connectivity index (χ0n) is 10.3. The number of fused-ring (bicyclic) bond motifs is 1. The van der Waals surface area contributed by atoms with Crippen LogP contribution in [0.15, 0.2) is 30.5 Å². The highest BCUT2D eigenvalue weighted by Crippen LogP contribution is 2.20. The van der Waals surface area contributed by atoms with Crippen LogP contribution in [-0.4, -0.2) is 22.8 Å². The van der Waals surface area contributed by atoms with Crippen molar-refractivity contribution in [1.82, 2.24) is 9.88 Å². The molecular formula is C14H20N2O. The number of benzene rings is 1. The topological polar surface area (TPSA) is 37.2 Å². The highest BCUT2D eigenvalue weighted by Gasteiger charge is 2.05. The lowest BCUT2D eigenvalue weighted by Gasteiger charge is -2.09. The number of hydrogen-bond donors (Lipinski definition) is 2. The first-order chi connectivity index (χ1) is 8.36. The average molecular weight is 232 g/mol. The molecule has 0 radical (unpaired) electrons. The zero-order chi connectivity index (χ0) is 12.1. The highest BCUT2D eigenvalue weighted by atomic mass is 16.3.